The van der Waals surface area contributed by atoms with Gasteiger partial charge < -0.3 is 0 Å². The van der Waals surface area contributed by atoms with Crippen LogP contribution in [0.2, 0.25) is 0 Å². The molecule has 0 N–H and O–H groups in total. The van der Waals surface area contributed by atoms with Gasteiger partial charge in [-0.1, -0.05) is 55.5 Å². The number of hydrogen-bond donors (Lipinski definition) is 0. The van der Waals surface area contributed by atoms with E-state index in [-0.39, 0.29) is 11.6 Å². The topological polar surface area (TPSA) is 54.3 Å². The third-order valence-corrected chi connectivity index (χ3v) is 6.72. The van der Waals surface area contributed by atoms with Crippen LogP contribution in [0.4, 0.5) is 0 Å². The van der Waals surface area contributed by atoms with E-state index in [9.17, 15) is 4.79 Å². The maximum absolute atomic E-state index is 13.6. The van der Waals surface area contributed by atoms with E-state index in [1.165, 1.54) is 0 Å². The second kappa shape index (κ2) is 10.3. The third-order valence-electron chi connectivity index (χ3n) is 6.72. The summed E-state index contributed by atoms with van der Waals surface area (Å²) in [4.78, 5) is 28.1. The summed E-state index contributed by atoms with van der Waals surface area (Å²) >= 11 is 0. The summed E-state index contributed by atoms with van der Waals surface area (Å²) in [5.41, 5.74) is 3.03. The number of hydrogen-bond acceptors (Lipinski definition) is 5. The molecular weight excluding hydrogens is 422 g/mol. The summed E-state index contributed by atoms with van der Waals surface area (Å²) in [7, 11) is 0. The lowest BCUT2D eigenvalue weighted by Gasteiger charge is -2.39. The van der Waals surface area contributed by atoms with Crippen molar-refractivity contribution in [2.75, 3.05) is 26.2 Å². The fourth-order valence-corrected chi connectivity index (χ4v) is 4.92. The standard InChI is InChI=1S/C28H31N5O/c1-2-26(32-18-16-31(17-19-32)21-23-12-8-9-15-29-23)27-30-25-14-7-6-13-24(25)28(34)33(27)20-22-10-4-3-5-11-22/h3-15,26H,2,16-21H2,1H3. The summed E-state index contributed by atoms with van der Waals surface area (Å²) in [6, 6.07) is 24.1. The lowest BCUT2D eigenvalue weighted by molar-refractivity contribution is 0.0838. The molecule has 0 saturated carbocycles. The Kier molecular flexibility index (Phi) is 6.79. The van der Waals surface area contributed by atoms with Gasteiger partial charge in [0.1, 0.15) is 5.82 Å². The van der Waals surface area contributed by atoms with Crippen molar-refractivity contribution in [3.05, 3.63) is 106 Å². The van der Waals surface area contributed by atoms with E-state index in [1.807, 2.05) is 65.4 Å². The van der Waals surface area contributed by atoms with E-state index in [1.54, 1.807) is 0 Å². The van der Waals surface area contributed by atoms with Gasteiger partial charge in [-0.2, -0.15) is 0 Å². The zero-order valence-electron chi connectivity index (χ0n) is 19.7. The van der Waals surface area contributed by atoms with Crippen molar-refractivity contribution >= 4 is 10.9 Å². The van der Waals surface area contributed by atoms with Crippen LogP contribution in [0.1, 0.15) is 36.5 Å². The number of aromatic nitrogens is 3. The monoisotopic (exact) mass is 453 g/mol. The number of fused-ring (bicyclic) bond motifs is 1. The molecule has 1 fully saturated rings. The molecule has 3 heterocycles. The van der Waals surface area contributed by atoms with Crippen LogP contribution in [0.25, 0.3) is 10.9 Å². The van der Waals surface area contributed by atoms with E-state index >= 15 is 0 Å². The lowest BCUT2D eigenvalue weighted by atomic mass is 10.1. The molecule has 0 bridgehead atoms. The van der Waals surface area contributed by atoms with Crippen molar-refractivity contribution in [2.45, 2.75) is 32.5 Å². The number of pyridine rings is 1. The van der Waals surface area contributed by atoms with Crippen LogP contribution in [0.5, 0.6) is 0 Å². The minimum absolute atomic E-state index is 0.0386. The van der Waals surface area contributed by atoms with Gasteiger partial charge in [0.2, 0.25) is 0 Å². The van der Waals surface area contributed by atoms with Gasteiger partial charge in [-0.25, -0.2) is 4.98 Å². The predicted molar refractivity (Wildman–Crippen MR) is 136 cm³/mol. The quantitative estimate of drug-likeness (QED) is 0.422. The van der Waals surface area contributed by atoms with Crippen LogP contribution >= 0.6 is 0 Å². The predicted octanol–water partition coefficient (Wildman–Crippen LogP) is 4.11. The van der Waals surface area contributed by atoms with Crippen LogP contribution in [0, 0.1) is 0 Å². The molecule has 1 aliphatic rings. The molecule has 34 heavy (non-hydrogen) atoms. The number of piperazine rings is 1. The molecule has 0 aliphatic carbocycles. The molecule has 1 aliphatic heterocycles. The first-order chi connectivity index (χ1) is 16.7. The first-order valence-electron chi connectivity index (χ1n) is 12.1. The molecule has 2 aromatic heterocycles. The van der Waals surface area contributed by atoms with Gasteiger partial charge in [0.15, 0.2) is 0 Å². The summed E-state index contributed by atoms with van der Waals surface area (Å²) in [6.45, 7) is 7.44. The highest BCUT2D eigenvalue weighted by Crippen LogP contribution is 2.26. The van der Waals surface area contributed by atoms with Crippen LogP contribution in [0.15, 0.2) is 83.8 Å². The smallest absolute Gasteiger partial charge is 0.261 e. The van der Waals surface area contributed by atoms with E-state index in [2.05, 4.69) is 39.9 Å². The largest absolute Gasteiger partial charge is 0.295 e. The molecule has 5 rings (SSSR count). The van der Waals surface area contributed by atoms with Crippen LogP contribution in [0.3, 0.4) is 0 Å². The van der Waals surface area contributed by atoms with Crippen LogP contribution in [-0.4, -0.2) is 50.5 Å². The second-order valence-corrected chi connectivity index (χ2v) is 8.92. The number of rotatable bonds is 7. The number of benzene rings is 2. The Bertz CT molecular complexity index is 1280. The lowest BCUT2D eigenvalue weighted by Crippen LogP contribution is -2.48. The van der Waals surface area contributed by atoms with Gasteiger partial charge in [-0.3, -0.25) is 24.1 Å². The minimum Gasteiger partial charge on any atom is -0.295 e. The summed E-state index contributed by atoms with van der Waals surface area (Å²) < 4.78 is 1.89. The molecule has 1 unspecified atom stereocenters. The zero-order valence-corrected chi connectivity index (χ0v) is 19.7. The molecule has 1 saturated heterocycles. The first-order valence-corrected chi connectivity index (χ1v) is 12.1. The highest BCUT2D eigenvalue weighted by atomic mass is 16.1. The van der Waals surface area contributed by atoms with E-state index in [0.717, 1.165) is 61.7 Å². The first kappa shape index (κ1) is 22.4. The molecule has 1 atom stereocenters. The molecule has 0 amide bonds. The maximum atomic E-state index is 13.6. The van der Waals surface area contributed by atoms with Crippen molar-refractivity contribution in [3.8, 4) is 0 Å². The highest BCUT2D eigenvalue weighted by Gasteiger charge is 2.28. The Morgan fingerprint density at radius 3 is 2.32 bits per heavy atom. The third kappa shape index (κ3) is 4.79. The summed E-state index contributed by atoms with van der Waals surface area (Å²) in [5.74, 6) is 0.869. The Morgan fingerprint density at radius 2 is 1.59 bits per heavy atom. The van der Waals surface area contributed by atoms with Gasteiger partial charge in [-0.15, -0.1) is 0 Å². The Hall–Kier alpha value is -3.35. The Labute approximate surface area is 200 Å². The normalized spacial score (nSPS) is 16.0. The van der Waals surface area contributed by atoms with Crippen molar-refractivity contribution in [2.24, 2.45) is 0 Å². The number of para-hydroxylation sites is 1. The average molecular weight is 454 g/mol. The number of nitrogens with zero attached hydrogens (tertiary/aromatic N) is 5. The molecule has 2 aromatic carbocycles. The van der Waals surface area contributed by atoms with E-state index in [4.69, 9.17) is 4.98 Å². The van der Waals surface area contributed by atoms with Crippen LogP contribution in [-0.2, 0) is 13.1 Å². The SMILES string of the molecule is CCC(c1nc2ccccc2c(=O)n1Cc1ccccc1)N1CCN(Cc2ccccn2)CC1. The van der Waals surface area contributed by atoms with Gasteiger partial charge >= 0.3 is 0 Å². The highest BCUT2D eigenvalue weighted by molar-refractivity contribution is 5.77. The molecule has 6 nitrogen and oxygen atoms in total. The van der Waals surface area contributed by atoms with E-state index in [0.29, 0.717) is 11.9 Å². The average Bonchev–Trinajstić information content (AvgIpc) is 2.89. The van der Waals surface area contributed by atoms with Crippen LogP contribution < -0.4 is 5.56 Å². The molecule has 0 radical (unpaired) electrons. The summed E-state index contributed by atoms with van der Waals surface area (Å²) in [5, 5.41) is 0.678. The Morgan fingerprint density at radius 1 is 0.853 bits per heavy atom. The molecule has 6 heteroatoms. The van der Waals surface area contributed by atoms with Gasteiger partial charge in [0, 0.05) is 38.9 Å². The summed E-state index contributed by atoms with van der Waals surface area (Å²) in [6.07, 6.45) is 2.76. The van der Waals surface area contributed by atoms with Gasteiger partial charge in [0.25, 0.3) is 5.56 Å². The zero-order chi connectivity index (χ0) is 23.3. The molecule has 4 aromatic rings. The molecule has 174 valence electrons. The van der Waals surface area contributed by atoms with Crippen molar-refractivity contribution < 1.29 is 0 Å². The van der Waals surface area contributed by atoms with Crippen molar-refractivity contribution in [1.82, 2.24) is 24.3 Å². The second-order valence-electron chi connectivity index (χ2n) is 8.92. The fourth-order valence-electron chi connectivity index (χ4n) is 4.92. The minimum atomic E-state index is 0.0386. The van der Waals surface area contributed by atoms with Gasteiger partial charge in [0.05, 0.1) is 29.2 Å². The van der Waals surface area contributed by atoms with Crippen molar-refractivity contribution in [3.63, 3.8) is 0 Å². The molecular formula is C28H31N5O. The van der Waals surface area contributed by atoms with Gasteiger partial charge in [-0.05, 0) is 36.2 Å². The fraction of sp³-hybridized carbons (Fsp3) is 0.321. The van der Waals surface area contributed by atoms with E-state index < -0.39 is 0 Å². The molecule has 0 spiro atoms. The maximum Gasteiger partial charge on any atom is 0.261 e. The van der Waals surface area contributed by atoms with Crippen molar-refractivity contribution in [1.29, 1.82) is 0 Å². The Balaban J connectivity index is 1.43.